The van der Waals surface area contributed by atoms with Crippen LogP contribution in [0.25, 0.3) is 0 Å². The fourth-order valence-corrected chi connectivity index (χ4v) is 2.05. The second-order valence-corrected chi connectivity index (χ2v) is 4.95. The molecule has 0 spiro atoms. The Balaban J connectivity index is 0. The van der Waals surface area contributed by atoms with Gasteiger partial charge in [0.25, 0.3) is 0 Å². The largest absolute Gasteiger partial charge is 0.499 e. The second kappa shape index (κ2) is 6.05. The van der Waals surface area contributed by atoms with Crippen molar-refractivity contribution in [2.45, 2.75) is 13.0 Å². The van der Waals surface area contributed by atoms with Crippen molar-refractivity contribution >= 4 is 19.8 Å². The molecule has 0 aromatic heterocycles. The maximum absolute atomic E-state index is 5.08. The van der Waals surface area contributed by atoms with E-state index >= 15 is 0 Å². The molecule has 0 fully saturated rings. The van der Waals surface area contributed by atoms with Gasteiger partial charge in [-0.1, -0.05) is 6.92 Å². The van der Waals surface area contributed by atoms with E-state index in [0.717, 1.165) is 6.04 Å². The van der Waals surface area contributed by atoms with Gasteiger partial charge in [-0.2, -0.15) is 0 Å². The Morgan fingerprint density at radius 3 is 1.30 bits per heavy atom. The minimum atomic E-state index is -2.19. The van der Waals surface area contributed by atoms with Crippen LogP contribution >= 0.6 is 0 Å². The van der Waals surface area contributed by atoms with Crippen LogP contribution in [-0.4, -0.2) is 41.1 Å². The molecule has 3 nitrogen and oxygen atoms in total. The van der Waals surface area contributed by atoms with Crippen molar-refractivity contribution in [1.82, 2.24) is 0 Å². The van der Waals surface area contributed by atoms with Crippen LogP contribution in [0.1, 0.15) is 6.92 Å². The predicted molar refractivity (Wildman–Crippen MR) is 48.6 cm³/mol. The lowest BCUT2D eigenvalue weighted by Crippen LogP contribution is -2.41. The first kappa shape index (κ1) is 12.9. The molecule has 0 heterocycles. The zero-order valence-electron chi connectivity index (χ0n) is 6.43. The molecule has 10 heavy (non-hydrogen) atoms. The molecular formula is C5H18O3Si2. The van der Waals surface area contributed by atoms with E-state index < -0.39 is 8.80 Å². The normalized spacial score (nSPS) is 10.8. The maximum atomic E-state index is 5.08. The van der Waals surface area contributed by atoms with Crippen LogP contribution in [0.5, 0.6) is 0 Å². The maximum Gasteiger partial charge on any atom is 0.499 e. The number of hydrogen-bond donors (Lipinski definition) is 0. The van der Waals surface area contributed by atoms with Crippen LogP contribution in [0.15, 0.2) is 0 Å². The number of hydrogen-bond acceptors (Lipinski definition) is 3. The van der Waals surface area contributed by atoms with Crippen molar-refractivity contribution in [1.29, 1.82) is 0 Å². The van der Waals surface area contributed by atoms with Gasteiger partial charge >= 0.3 is 8.80 Å². The summed E-state index contributed by atoms with van der Waals surface area (Å²) in [6, 6.07) is 0.816. The van der Waals surface area contributed by atoms with Gasteiger partial charge in [0, 0.05) is 27.4 Å². The third-order valence-electron chi connectivity index (χ3n) is 1.37. The van der Waals surface area contributed by atoms with Crippen molar-refractivity contribution in [3.63, 3.8) is 0 Å². The first-order valence-electron chi connectivity index (χ1n) is 2.90. The standard InChI is InChI=1S/C5H14O3Si.H4Si/c1-5-9(6-2,7-3)8-4;/h5H2,1-4H3;1H4. The van der Waals surface area contributed by atoms with Gasteiger partial charge in [0.1, 0.15) is 0 Å². The molecule has 64 valence electrons. The fourth-order valence-electron chi connectivity index (χ4n) is 0.683. The summed E-state index contributed by atoms with van der Waals surface area (Å²) in [6.07, 6.45) is 0. The molecular weight excluding hydrogens is 164 g/mol. The third-order valence-corrected chi connectivity index (χ3v) is 4.10. The van der Waals surface area contributed by atoms with Crippen molar-refractivity contribution in [2.24, 2.45) is 0 Å². The van der Waals surface area contributed by atoms with Gasteiger partial charge in [-0.15, -0.1) is 0 Å². The third kappa shape index (κ3) is 2.93. The molecule has 0 unspecified atom stereocenters. The van der Waals surface area contributed by atoms with E-state index in [0.29, 0.717) is 0 Å². The van der Waals surface area contributed by atoms with Gasteiger partial charge in [0.05, 0.1) is 0 Å². The van der Waals surface area contributed by atoms with Crippen LogP contribution in [-0.2, 0) is 13.3 Å². The lowest BCUT2D eigenvalue weighted by molar-refractivity contribution is 0.125. The predicted octanol–water partition coefficient (Wildman–Crippen LogP) is -0.567. The fraction of sp³-hybridized carbons (Fsp3) is 1.00. The Hall–Kier alpha value is 0.314. The highest BCUT2D eigenvalue weighted by Gasteiger charge is 2.34. The van der Waals surface area contributed by atoms with Gasteiger partial charge in [0.15, 0.2) is 0 Å². The van der Waals surface area contributed by atoms with E-state index in [-0.39, 0.29) is 11.0 Å². The molecule has 0 radical (unpaired) electrons. The molecule has 0 aliphatic carbocycles. The quantitative estimate of drug-likeness (QED) is 0.545. The van der Waals surface area contributed by atoms with Crippen molar-refractivity contribution in [3.05, 3.63) is 0 Å². The average Bonchev–Trinajstić information content (AvgIpc) is 1.95. The second-order valence-electron chi connectivity index (χ2n) is 1.65. The Morgan fingerprint density at radius 2 is 1.30 bits per heavy atom. The lowest BCUT2D eigenvalue weighted by Gasteiger charge is -2.22. The minimum Gasteiger partial charge on any atom is -0.377 e. The monoisotopic (exact) mass is 182 g/mol. The minimum absolute atomic E-state index is 0. The SMILES string of the molecule is CC[Si](OC)(OC)OC.[SiH4]. The van der Waals surface area contributed by atoms with Crippen LogP contribution in [0.3, 0.4) is 0 Å². The highest BCUT2D eigenvalue weighted by molar-refractivity contribution is 6.60. The molecule has 0 aliphatic heterocycles. The zero-order chi connectivity index (χ0) is 7.33. The molecule has 0 bridgehead atoms. The Kier molecular flexibility index (Phi) is 7.83. The van der Waals surface area contributed by atoms with Gasteiger partial charge < -0.3 is 13.3 Å². The van der Waals surface area contributed by atoms with Crippen molar-refractivity contribution in [3.8, 4) is 0 Å². The van der Waals surface area contributed by atoms with E-state index in [2.05, 4.69) is 0 Å². The van der Waals surface area contributed by atoms with E-state index in [1.54, 1.807) is 21.3 Å². The van der Waals surface area contributed by atoms with Crippen LogP contribution in [0.2, 0.25) is 6.04 Å². The summed E-state index contributed by atoms with van der Waals surface area (Å²) in [7, 11) is 2.65. The van der Waals surface area contributed by atoms with Gasteiger partial charge in [0.2, 0.25) is 0 Å². The summed E-state index contributed by atoms with van der Waals surface area (Å²) in [4.78, 5) is 0. The Labute approximate surface area is 68.1 Å². The van der Waals surface area contributed by atoms with E-state index in [1.807, 2.05) is 6.92 Å². The average molecular weight is 182 g/mol. The topological polar surface area (TPSA) is 27.7 Å². The van der Waals surface area contributed by atoms with Crippen molar-refractivity contribution in [2.75, 3.05) is 21.3 Å². The molecule has 0 aliphatic rings. The highest BCUT2D eigenvalue weighted by atomic mass is 28.4. The summed E-state index contributed by atoms with van der Waals surface area (Å²) in [5.74, 6) is 0. The van der Waals surface area contributed by atoms with Gasteiger partial charge in [-0.05, 0) is 11.0 Å². The number of rotatable bonds is 4. The molecule has 0 N–H and O–H groups in total. The van der Waals surface area contributed by atoms with E-state index in [9.17, 15) is 0 Å². The van der Waals surface area contributed by atoms with E-state index in [4.69, 9.17) is 13.3 Å². The molecule has 0 aromatic rings. The van der Waals surface area contributed by atoms with Gasteiger partial charge in [-0.3, -0.25) is 0 Å². The van der Waals surface area contributed by atoms with E-state index in [1.165, 1.54) is 0 Å². The smallest absolute Gasteiger partial charge is 0.377 e. The summed E-state index contributed by atoms with van der Waals surface area (Å²) >= 11 is 0. The molecule has 0 amide bonds. The zero-order valence-corrected chi connectivity index (χ0v) is 7.43. The molecule has 0 atom stereocenters. The highest BCUT2D eigenvalue weighted by Crippen LogP contribution is 2.10. The molecule has 0 saturated heterocycles. The summed E-state index contributed by atoms with van der Waals surface area (Å²) in [5, 5.41) is 0. The van der Waals surface area contributed by atoms with Crippen LogP contribution in [0.4, 0.5) is 0 Å². The summed E-state index contributed by atoms with van der Waals surface area (Å²) in [5.41, 5.74) is 0. The summed E-state index contributed by atoms with van der Waals surface area (Å²) < 4.78 is 15.2. The Morgan fingerprint density at radius 1 is 1.00 bits per heavy atom. The molecule has 0 rings (SSSR count). The first-order chi connectivity index (χ1) is 4.24. The van der Waals surface area contributed by atoms with Crippen LogP contribution < -0.4 is 0 Å². The molecule has 0 saturated carbocycles. The Bertz CT molecular complexity index is 57.8. The summed E-state index contributed by atoms with van der Waals surface area (Å²) in [6.45, 7) is 1.99. The van der Waals surface area contributed by atoms with Crippen LogP contribution in [0, 0.1) is 0 Å². The van der Waals surface area contributed by atoms with Gasteiger partial charge in [-0.25, -0.2) is 0 Å². The molecule has 0 aromatic carbocycles. The molecule has 5 heteroatoms. The lowest BCUT2D eigenvalue weighted by atomic mass is 11.0. The first-order valence-corrected chi connectivity index (χ1v) is 4.83. The van der Waals surface area contributed by atoms with Crippen molar-refractivity contribution < 1.29 is 13.3 Å².